The molecule has 1 N–H and O–H groups in total. The fraction of sp³-hybridized carbons (Fsp3) is 0.600. The van der Waals surface area contributed by atoms with Gasteiger partial charge in [-0.15, -0.1) is 0 Å². The lowest BCUT2D eigenvalue weighted by Gasteiger charge is -2.26. The molecule has 0 atom stereocenters. The van der Waals surface area contributed by atoms with Gasteiger partial charge in [-0.05, 0) is 25.1 Å². The zero-order chi connectivity index (χ0) is 15.1. The highest BCUT2D eigenvalue weighted by Gasteiger charge is 2.11. The Morgan fingerprint density at radius 2 is 2.19 bits per heavy atom. The Morgan fingerprint density at radius 1 is 1.43 bits per heavy atom. The summed E-state index contributed by atoms with van der Waals surface area (Å²) in [4.78, 5) is 19.9. The van der Waals surface area contributed by atoms with Gasteiger partial charge >= 0.3 is 0 Å². The van der Waals surface area contributed by atoms with Crippen molar-refractivity contribution in [2.45, 2.75) is 6.42 Å². The largest absolute Gasteiger partial charge is 0.385 e. The fourth-order valence-electron chi connectivity index (χ4n) is 2.25. The molecule has 0 spiro atoms. The zero-order valence-electron chi connectivity index (χ0n) is 12.8. The molecule has 1 saturated heterocycles. The maximum Gasteiger partial charge on any atom is 0.272 e. The van der Waals surface area contributed by atoms with E-state index in [-0.39, 0.29) is 5.91 Å². The molecule has 0 radical (unpaired) electrons. The summed E-state index contributed by atoms with van der Waals surface area (Å²) in [5.74, 6) is -0.0769. The summed E-state index contributed by atoms with van der Waals surface area (Å²) in [5.41, 5.74) is 1.41. The van der Waals surface area contributed by atoms with Crippen LogP contribution in [-0.2, 0) is 4.74 Å². The quantitative estimate of drug-likeness (QED) is 0.790. The third-order valence-electron chi connectivity index (χ3n) is 3.47. The van der Waals surface area contributed by atoms with Gasteiger partial charge in [-0.2, -0.15) is 0 Å². The number of hydrogen-bond acceptors (Lipinski definition) is 5. The summed E-state index contributed by atoms with van der Waals surface area (Å²) in [6, 6.07) is 3.69. The lowest BCUT2D eigenvalue weighted by atomic mass is 10.2. The molecule has 6 heteroatoms. The van der Waals surface area contributed by atoms with Gasteiger partial charge in [-0.3, -0.25) is 14.7 Å². The SMILES string of the molecule is CN(C)C(=O)c1cc(NCCCN2CCOCC2)ccn1. The molecule has 0 unspecified atom stereocenters. The highest BCUT2D eigenvalue weighted by atomic mass is 16.5. The van der Waals surface area contributed by atoms with Crippen molar-refractivity contribution in [2.24, 2.45) is 0 Å². The Morgan fingerprint density at radius 3 is 2.90 bits per heavy atom. The Hall–Kier alpha value is -1.66. The van der Waals surface area contributed by atoms with Crippen molar-refractivity contribution in [1.82, 2.24) is 14.8 Å². The van der Waals surface area contributed by atoms with Gasteiger partial charge in [-0.25, -0.2) is 0 Å². The number of anilines is 1. The Kier molecular flexibility index (Phi) is 5.95. The van der Waals surface area contributed by atoms with E-state index in [0.717, 1.165) is 51.5 Å². The van der Waals surface area contributed by atoms with Crippen LogP contribution in [0.5, 0.6) is 0 Å². The molecule has 1 aliphatic rings. The molecule has 2 heterocycles. The van der Waals surface area contributed by atoms with Crippen molar-refractivity contribution in [3.05, 3.63) is 24.0 Å². The van der Waals surface area contributed by atoms with E-state index in [1.165, 1.54) is 4.90 Å². The van der Waals surface area contributed by atoms with Crippen LogP contribution in [0.25, 0.3) is 0 Å². The third-order valence-corrected chi connectivity index (χ3v) is 3.47. The Balaban J connectivity index is 1.75. The van der Waals surface area contributed by atoms with E-state index in [2.05, 4.69) is 15.2 Å². The summed E-state index contributed by atoms with van der Waals surface area (Å²) < 4.78 is 5.33. The van der Waals surface area contributed by atoms with Crippen LogP contribution in [0.15, 0.2) is 18.3 Å². The number of morpholine rings is 1. The number of aromatic nitrogens is 1. The molecule has 1 amide bonds. The topological polar surface area (TPSA) is 57.7 Å². The molecule has 0 bridgehead atoms. The lowest BCUT2D eigenvalue weighted by molar-refractivity contribution is 0.0378. The summed E-state index contributed by atoms with van der Waals surface area (Å²) >= 11 is 0. The van der Waals surface area contributed by atoms with Gasteiger partial charge in [0.2, 0.25) is 0 Å². The highest BCUT2D eigenvalue weighted by Crippen LogP contribution is 2.09. The summed E-state index contributed by atoms with van der Waals surface area (Å²) in [5, 5.41) is 3.35. The molecule has 116 valence electrons. The van der Waals surface area contributed by atoms with Gasteiger partial charge in [0.05, 0.1) is 13.2 Å². The first kappa shape index (κ1) is 15.7. The predicted octanol–water partition coefficient (Wildman–Crippen LogP) is 0.918. The van der Waals surface area contributed by atoms with Crippen molar-refractivity contribution in [2.75, 3.05) is 58.8 Å². The molecule has 0 aromatic carbocycles. The second-order valence-electron chi connectivity index (χ2n) is 5.36. The minimum absolute atomic E-state index is 0.0769. The van der Waals surface area contributed by atoms with Gasteiger partial charge < -0.3 is 15.0 Å². The van der Waals surface area contributed by atoms with E-state index in [1.54, 1.807) is 26.4 Å². The van der Waals surface area contributed by atoms with Crippen LogP contribution >= 0.6 is 0 Å². The third kappa shape index (κ3) is 4.99. The molecule has 6 nitrogen and oxygen atoms in total. The van der Waals surface area contributed by atoms with Crippen molar-refractivity contribution < 1.29 is 9.53 Å². The number of ether oxygens (including phenoxy) is 1. The van der Waals surface area contributed by atoms with Gasteiger partial charge in [0.1, 0.15) is 5.69 Å². The molecule has 21 heavy (non-hydrogen) atoms. The average molecular weight is 292 g/mol. The molecule has 0 aliphatic carbocycles. The van der Waals surface area contributed by atoms with Crippen molar-refractivity contribution in [3.8, 4) is 0 Å². The number of rotatable bonds is 6. The Bertz CT molecular complexity index is 459. The smallest absolute Gasteiger partial charge is 0.272 e. The normalized spacial score (nSPS) is 15.7. The molecule has 1 aromatic rings. The van der Waals surface area contributed by atoms with Crippen LogP contribution in [0.4, 0.5) is 5.69 Å². The number of nitrogens with zero attached hydrogens (tertiary/aromatic N) is 3. The minimum Gasteiger partial charge on any atom is -0.385 e. The van der Waals surface area contributed by atoms with E-state index < -0.39 is 0 Å². The minimum atomic E-state index is -0.0769. The van der Waals surface area contributed by atoms with Crippen LogP contribution in [0.1, 0.15) is 16.9 Å². The first-order chi connectivity index (χ1) is 10.2. The van der Waals surface area contributed by atoms with Gasteiger partial charge in [0.15, 0.2) is 0 Å². The second-order valence-corrected chi connectivity index (χ2v) is 5.36. The maximum atomic E-state index is 11.9. The highest BCUT2D eigenvalue weighted by molar-refractivity contribution is 5.92. The maximum absolute atomic E-state index is 11.9. The molecule has 2 rings (SSSR count). The summed E-state index contributed by atoms with van der Waals surface area (Å²) in [7, 11) is 3.46. The molecule has 1 fully saturated rings. The lowest BCUT2D eigenvalue weighted by Crippen LogP contribution is -2.37. The number of hydrogen-bond donors (Lipinski definition) is 1. The number of nitrogens with one attached hydrogen (secondary N) is 1. The van der Waals surface area contributed by atoms with Gasteiger partial charge in [0, 0.05) is 45.6 Å². The Labute approximate surface area is 126 Å². The number of carbonyl (C=O) groups is 1. The molecule has 1 aromatic heterocycles. The van der Waals surface area contributed by atoms with Crippen molar-refractivity contribution >= 4 is 11.6 Å². The van der Waals surface area contributed by atoms with E-state index in [4.69, 9.17) is 4.74 Å². The standard InChI is InChI=1S/C15H24N4O2/c1-18(2)15(20)14-12-13(4-6-17-14)16-5-3-7-19-8-10-21-11-9-19/h4,6,12H,3,5,7-11H2,1-2H3,(H,16,17). The second kappa shape index (κ2) is 7.95. The van der Waals surface area contributed by atoms with Crippen LogP contribution in [0, 0.1) is 0 Å². The molecule has 1 aliphatic heterocycles. The van der Waals surface area contributed by atoms with E-state index in [0.29, 0.717) is 5.69 Å². The van der Waals surface area contributed by atoms with Gasteiger partial charge in [0.25, 0.3) is 5.91 Å². The predicted molar refractivity (Wildman–Crippen MR) is 82.6 cm³/mol. The number of pyridine rings is 1. The summed E-state index contributed by atoms with van der Waals surface area (Å²) in [6.07, 6.45) is 2.74. The average Bonchev–Trinajstić information content (AvgIpc) is 2.52. The zero-order valence-corrected chi connectivity index (χ0v) is 12.8. The fourth-order valence-corrected chi connectivity index (χ4v) is 2.25. The van der Waals surface area contributed by atoms with Crippen LogP contribution < -0.4 is 5.32 Å². The van der Waals surface area contributed by atoms with Crippen molar-refractivity contribution in [1.29, 1.82) is 0 Å². The number of carbonyl (C=O) groups excluding carboxylic acids is 1. The van der Waals surface area contributed by atoms with Crippen LogP contribution in [-0.4, -0.2) is 74.2 Å². The first-order valence-corrected chi connectivity index (χ1v) is 7.38. The number of amides is 1. The molecular formula is C15H24N4O2. The van der Waals surface area contributed by atoms with Crippen LogP contribution in [0.2, 0.25) is 0 Å². The van der Waals surface area contributed by atoms with E-state index >= 15 is 0 Å². The van der Waals surface area contributed by atoms with E-state index in [9.17, 15) is 4.79 Å². The summed E-state index contributed by atoms with van der Waals surface area (Å²) in [6.45, 7) is 5.69. The molecular weight excluding hydrogens is 268 g/mol. The van der Waals surface area contributed by atoms with Crippen LogP contribution in [0.3, 0.4) is 0 Å². The van der Waals surface area contributed by atoms with E-state index in [1.807, 2.05) is 6.07 Å². The van der Waals surface area contributed by atoms with Gasteiger partial charge in [-0.1, -0.05) is 0 Å². The molecule has 0 saturated carbocycles. The van der Waals surface area contributed by atoms with Crippen molar-refractivity contribution in [3.63, 3.8) is 0 Å². The first-order valence-electron chi connectivity index (χ1n) is 7.38. The monoisotopic (exact) mass is 292 g/mol.